The maximum absolute atomic E-state index is 12.6. The number of fused-ring (bicyclic) bond motifs is 3. The van der Waals surface area contributed by atoms with Crippen LogP contribution in [-0.2, 0) is 6.54 Å². The fourth-order valence-electron chi connectivity index (χ4n) is 4.24. The van der Waals surface area contributed by atoms with Crippen LogP contribution in [0.3, 0.4) is 0 Å². The SMILES string of the molecule is Cc1cc2[nH]c(=O)c3cnn(C4CCN(Cc5ccccc5)C4)c3c2cc1Br. The Bertz CT molecular complexity index is 1230. The number of nitrogens with zero attached hydrogens (tertiary/aromatic N) is 3. The summed E-state index contributed by atoms with van der Waals surface area (Å²) in [6, 6.07) is 14.9. The van der Waals surface area contributed by atoms with Gasteiger partial charge in [-0.25, -0.2) is 0 Å². The highest BCUT2D eigenvalue weighted by atomic mass is 79.9. The highest BCUT2D eigenvalue weighted by Gasteiger charge is 2.27. The van der Waals surface area contributed by atoms with E-state index < -0.39 is 0 Å². The van der Waals surface area contributed by atoms with E-state index in [1.807, 2.05) is 13.0 Å². The summed E-state index contributed by atoms with van der Waals surface area (Å²) >= 11 is 3.63. The van der Waals surface area contributed by atoms with Gasteiger partial charge in [0.25, 0.3) is 5.56 Å². The van der Waals surface area contributed by atoms with E-state index in [-0.39, 0.29) is 11.6 Å². The molecule has 6 heteroatoms. The monoisotopic (exact) mass is 436 g/mol. The van der Waals surface area contributed by atoms with E-state index >= 15 is 0 Å². The third kappa shape index (κ3) is 2.97. The van der Waals surface area contributed by atoms with Crippen LogP contribution < -0.4 is 5.56 Å². The van der Waals surface area contributed by atoms with Crippen molar-refractivity contribution in [1.29, 1.82) is 0 Å². The minimum atomic E-state index is -0.0744. The number of pyridine rings is 1. The molecule has 0 saturated carbocycles. The Morgan fingerprint density at radius 1 is 1.21 bits per heavy atom. The minimum Gasteiger partial charge on any atom is -0.321 e. The van der Waals surface area contributed by atoms with Gasteiger partial charge in [0.2, 0.25) is 0 Å². The zero-order valence-corrected chi connectivity index (χ0v) is 17.2. The lowest BCUT2D eigenvalue weighted by Crippen LogP contribution is -2.21. The van der Waals surface area contributed by atoms with E-state index in [9.17, 15) is 4.79 Å². The first-order valence-corrected chi connectivity index (χ1v) is 10.3. The van der Waals surface area contributed by atoms with Gasteiger partial charge in [-0.15, -0.1) is 0 Å². The lowest BCUT2D eigenvalue weighted by Gasteiger charge is -2.17. The molecule has 0 radical (unpaired) electrons. The van der Waals surface area contributed by atoms with Crippen LogP contribution in [-0.4, -0.2) is 32.8 Å². The second kappa shape index (κ2) is 6.87. The molecule has 0 spiro atoms. The number of H-pyrrole nitrogens is 1. The largest absolute Gasteiger partial charge is 0.321 e. The van der Waals surface area contributed by atoms with Crippen molar-refractivity contribution in [2.24, 2.45) is 0 Å². The topological polar surface area (TPSA) is 53.9 Å². The van der Waals surface area contributed by atoms with Gasteiger partial charge >= 0.3 is 0 Å². The summed E-state index contributed by atoms with van der Waals surface area (Å²) in [5.41, 5.74) is 4.15. The molecule has 5 rings (SSSR count). The summed E-state index contributed by atoms with van der Waals surface area (Å²) in [4.78, 5) is 18.1. The van der Waals surface area contributed by atoms with Crippen LogP contribution >= 0.6 is 15.9 Å². The van der Waals surface area contributed by atoms with E-state index in [0.29, 0.717) is 5.39 Å². The number of benzene rings is 2. The Morgan fingerprint density at radius 2 is 2.04 bits per heavy atom. The Kier molecular flexibility index (Phi) is 4.33. The average Bonchev–Trinajstić information content (AvgIpc) is 3.32. The van der Waals surface area contributed by atoms with Crippen LogP contribution in [0, 0.1) is 6.92 Å². The summed E-state index contributed by atoms with van der Waals surface area (Å²) in [5, 5.41) is 6.33. The fraction of sp³-hybridized carbons (Fsp3) is 0.273. The zero-order chi connectivity index (χ0) is 19.3. The van der Waals surface area contributed by atoms with Crippen molar-refractivity contribution in [3.05, 3.63) is 74.6 Å². The molecule has 1 unspecified atom stereocenters. The first kappa shape index (κ1) is 17.6. The minimum absolute atomic E-state index is 0.0744. The first-order valence-electron chi connectivity index (χ1n) is 9.56. The number of hydrogen-bond donors (Lipinski definition) is 1. The normalized spacial score (nSPS) is 17.7. The summed E-state index contributed by atoms with van der Waals surface area (Å²) in [5.74, 6) is 0. The van der Waals surface area contributed by atoms with Gasteiger partial charge in [0.1, 0.15) is 0 Å². The van der Waals surface area contributed by atoms with Gasteiger partial charge in [0.05, 0.1) is 28.7 Å². The molecule has 1 aliphatic heterocycles. The van der Waals surface area contributed by atoms with Crippen LogP contribution in [0.15, 0.2) is 57.9 Å². The van der Waals surface area contributed by atoms with E-state index in [2.05, 4.69) is 72.0 Å². The molecule has 1 atom stereocenters. The van der Waals surface area contributed by atoms with Gasteiger partial charge < -0.3 is 4.98 Å². The molecular weight excluding hydrogens is 416 g/mol. The van der Waals surface area contributed by atoms with Crippen LogP contribution in [0.4, 0.5) is 0 Å². The van der Waals surface area contributed by atoms with Crippen molar-refractivity contribution >= 4 is 37.7 Å². The third-order valence-corrected chi connectivity index (χ3v) is 6.54. The molecule has 142 valence electrons. The highest BCUT2D eigenvalue weighted by molar-refractivity contribution is 9.10. The first-order chi connectivity index (χ1) is 13.6. The number of aryl methyl sites for hydroxylation is 1. The number of rotatable bonds is 3. The van der Waals surface area contributed by atoms with E-state index in [4.69, 9.17) is 0 Å². The quantitative estimate of drug-likeness (QED) is 0.517. The van der Waals surface area contributed by atoms with Crippen molar-refractivity contribution in [3.63, 3.8) is 0 Å². The number of likely N-dealkylation sites (tertiary alicyclic amines) is 1. The molecule has 2 aromatic carbocycles. The smallest absolute Gasteiger partial charge is 0.259 e. The lowest BCUT2D eigenvalue weighted by atomic mass is 10.1. The molecule has 1 saturated heterocycles. The molecule has 28 heavy (non-hydrogen) atoms. The third-order valence-electron chi connectivity index (χ3n) is 5.68. The molecule has 2 aromatic heterocycles. The number of hydrogen-bond acceptors (Lipinski definition) is 3. The Labute approximate surface area is 171 Å². The van der Waals surface area contributed by atoms with Gasteiger partial charge in [0.15, 0.2) is 0 Å². The lowest BCUT2D eigenvalue weighted by molar-refractivity contribution is 0.313. The van der Waals surface area contributed by atoms with Crippen LogP contribution in [0.25, 0.3) is 21.8 Å². The second-order valence-corrected chi connectivity index (χ2v) is 8.47. The van der Waals surface area contributed by atoms with Crippen LogP contribution in [0.2, 0.25) is 0 Å². The molecule has 0 amide bonds. The van der Waals surface area contributed by atoms with E-state index in [1.165, 1.54) is 5.56 Å². The molecule has 1 aliphatic rings. The average molecular weight is 437 g/mol. The standard InChI is InChI=1S/C22H21BrN4O/c1-14-9-20-17(10-19(14)23)21-18(22(28)25-20)11-24-27(21)16-7-8-26(13-16)12-15-5-3-2-4-6-15/h2-6,9-11,16H,7-8,12-13H2,1H3,(H,25,28). The molecule has 1 N–H and O–H groups in total. The number of aromatic amines is 1. The molecule has 0 bridgehead atoms. The van der Waals surface area contributed by atoms with Crippen LogP contribution in [0.1, 0.15) is 23.6 Å². The van der Waals surface area contributed by atoms with Gasteiger partial charge in [-0.3, -0.25) is 14.4 Å². The molecule has 0 aliphatic carbocycles. The summed E-state index contributed by atoms with van der Waals surface area (Å²) in [6.45, 7) is 4.95. The van der Waals surface area contributed by atoms with Gasteiger partial charge in [-0.2, -0.15) is 5.10 Å². The van der Waals surface area contributed by atoms with Gasteiger partial charge in [-0.1, -0.05) is 46.3 Å². The fourth-order valence-corrected chi connectivity index (χ4v) is 4.58. The predicted octanol–water partition coefficient (Wildman–Crippen LogP) is 4.40. The maximum Gasteiger partial charge on any atom is 0.259 e. The van der Waals surface area contributed by atoms with Gasteiger partial charge in [0, 0.05) is 29.5 Å². The van der Waals surface area contributed by atoms with E-state index in [0.717, 1.165) is 52.5 Å². The van der Waals surface area contributed by atoms with Crippen molar-refractivity contribution in [2.75, 3.05) is 13.1 Å². The predicted molar refractivity (Wildman–Crippen MR) is 116 cm³/mol. The Hall–Kier alpha value is -2.44. The summed E-state index contributed by atoms with van der Waals surface area (Å²) in [7, 11) is 0. The zero-order valence-electron chi connectivity index (χ0n) is 15.7. The van der Waals surface area contributed by atoms with Crippen molar-refractivity contribution in [2.45, 2.75) is 25.9 Å². The molecular formula is C22H21BrN4O. The Morgan fingerprint density at radius 3 is 2.86 bits per heavy atom. The number of halogens is 1. The highest BCUT2D eigenvalue weighted by Crippen LogP contribution is 2.31. The van der Waals surface area contributed by atoms with Crippen molar-refractivity contribution in [1.82, 2.24) is 19.7 Å². The molecule has 5 nitrogen and oxygen atoms in total. The number of aromatic nitrogens is 3. The molecule has 3 heterocycles. The summed E-state index contributed by atoms with van der Waals surface area (Å²) in [6.07, 6.45) is 2.74. The molecule has 4 aromatic rings. The second-order valence-electron chi connectivity index (χ2n) is 7.62. The van der Waals surface area contributed by atoms with Crippen LogP contribution in [0.5, 0.6) is 0 Å². The molecule has 1 fully saturated rings. The Balaban J connectivity index is 1.55. The maximum atomic E-state index is 12.6. The van der Waals surface area contributed by atoms with Crippen molar-refractivity contribution < 1.29 is 0 Å². The summed E-state index contributed by atoms with van der Waals surface area (Å²) < 4.78 is 3.11. The van der Waals surface area contributed by atoms with E-state index in [1.54, 1.807) is 6.20 Å². The van der Waals surface area contributed by atoms with Gasteiger partial charge in [-0.05, 0) is 36.6 Å². The number of nitrogens with one attached hydrogen (secondary N) is 1. The van der Waals surface area contributed by atoms with Crippen molar-refractivity contribution in [3.8, 4) is 0 Å².